The number of rotatable bonds is 2. The van der Waals surface area contributed by atoms with Gasteiger partial charge in [0, 0.05) is 37.7 Å². The second kappa shape index (κ2) is 6.22. The lowest BCUT2D eigenvalue weighted by atomic mass is 9.88. The molecule has 1 unspecified atom stereocenters. The molecule has 3 rings (SSSR count). The van der Waals surface area contributed by atoms with Gasteiger partial charge in [-0.25, -0.2) is 9.97 Å². The standard InChI is InChI=1S/C16H21F3N4O/c1-2-23-14(24)4-6-15(23)5-3-8-22(9-7-15)13-10-12(16(17,18)19)20-11-21-13/h10-11H,2-9H2,1H3. The van der Waals surface area contributed by atoms with Gasteiger partial charge < -0.3 is 9.80 Å². The van der Waals surface area contributed by atoms with Gasteiger partial charge in [-0.2, -0.15) is 13.2 Å². The minimum atomic E-state index is -4.47. The highest BCUT2D eigenvalue weighted by atomic mass is 19.4. The zero-order valence-corrected chi connectivity index (χ0v) is 13.6. The molecule has 0 radical (unpaired) electrons. The maximum atomic E-state index is 12.8. The Kier molecular flexibility index (Phi) is 4.40. The van der Waals surface area contributed by atoms with Crippen LogP contribution in [0.4, 0.5) is 19.0 Å². The van der Waals surface area contributed by atoms with E-state index in [0.29, 0.717) is 31.9 Å². The summed E-state index contributed by atoms with van der Waals surface area (Å²) < 4.78 is 38.5. The third kappa shape index (κ3) is 3.06. The van der Waals surface area contributed by atoms with E-state index < -0.39 is 11.9 Å². The summed E-state index contributed by atoms with van der Waals surface area (Å²) in [7, 11) is 0. The van der Waals surface area contributed by atoms with Gasteiger partial charge in [0.15, 0.2) is 0 Å². The third-order valence-electron chi connectivity index (χ3n) is 5.18. The Bertz CT molecular complexity index is 622. The molecule has 132 valence electrons. The zero-order chi connectivity index (χ0) is 17.4. The van der Waals surface area contributed by atoms with Gasteiger partial charge >= 0.3 is 6.18 Å². The maximum absolute atomic E-state index is 12.8. The molecule has 1 amide bonds. The van der Waals surface area contributed by atoms with Crippen LogP contribution in [0, 0.1) is 0 Å². The Morgan fingerprint density at radius 3 is 2.71 bits per heavy atom. The van der Waals surface area contributed by atoms with Crippen LogP contribution in [0.2, 0.25) is 0 Å². The fourth-order valence-electron chi connectivity index (χ4n) is 3.99. The maximum Gasteiger partial charge on any atom is 0.433 e. The molecule has 0 saturated carbocycles. The summed E-state index contributed by atoms with van der Waals surface area (Å²) in [6, 6.07) is 1.01. The number of hydrogen-bond donors (Lipinski definition) is 0. The SMILES string of the molecule is CCN1C(=O)CCC12CCCN(c1cc(C(F)(F)F)ncn1)CC2. The predicted molar refractivity (Wildman–Crippen MR) is 82.5 cm³/mol. The van der Waals surface area contributed by atoms with Crippen LogP contribution < -0.4 is 4.90 Å². The number of carbonyl (C=O) groups is 1. The van der Waals surface area contributed by atoms with E-state index in [2.05, 4.69) is 9.97 Å². The number of anilines is 1. The average molecular weight is 342 g/mol. The van der Waals surface area contributed by atoms with Crippen LogP contribution in [0.5, 0.6) is 0 Å². The van der Waals surface area contributed by atoms with Gasteiger partial charge in [-0.05, 0) is 32.6 Å². The predicted octanol–water partition coefficient (Wildman–Crippen LogP) is 2.87. The number of likely N-dealkylation sites (tertiary alicyclic amines) is 1. The molecule has 0 aromatic carbocycles. The summed E-state index contributed by atoms with van der Waals surface area (Å²) in [5.74, 6) is 0.495. The van der Waals surface area contributed by atoms with Crippen molar-refractivity contribution < 1.29 is 18.0 Å². The van der Waals surface area contributed by atoms with Gasteiger partial charge in [0.2, 0.25) is 5.91 Å². The molecule has 3 heterocycles. The minimum absolute atomic E-state index is 0.138. The van der Waals surface area contributed by atoms with Crippen LogP contribution in [0.1, 0.15) is 44.7 Å². The molecule has 5 nitrogen and oxygen atoms in total. The molecule has 8 heteroatoms. The minimum Gasteiger partial charge on any atom is -0.356 e. The summed E-state index contributed by atoms with van der Waals surface area (Å²) in [5.41, 5.74) is -1.06. The van der Waals surface area contributed by atoms with Crippen molar-refractivity contribution in [3.63, 3.8) is 0 Å². The molecule has 1 atom stereocenters. The summed E-state index contributed by atoms with van der Waals surface area (Å²) >= 11 is 0. The van der Waals surface area contributed by atoms with Crippen molar-refractivity contribution >= 4 is 11.7 Å². The first-order chi connectivity index (χ1) is 11.4. The number of carbonyl (C=O) groups excluding carboxylic acids is 1. The van der Waals surface area contributed by atoms with Gasteiger partial charge in [0.05, 0.1) is 0 Å². The Morgan fingerprint density at radius 2 is 2.00 bits per heavy atom. The number of amides is 1. The quantitative estimate of drug-likeness (QED) is 0.829. The number of halogens is 3. The van der Waals surface area contributed by atoms with Crippen LogP contribution >= 0.6 is 0 Å². The van der Waals surface area contributed by atoms with E-state index in [1.165, 1.54) is 0 Å². The molecular formula is C16H21F3N4O. The Hall–Kier alpha value is -1.86. The van der Waals surface area contributed by atoms with Crippen LogP contribution in [-0.2, 0) is 11.0 Å². The largest absolute Gasteiger partial charge is 0.433 e. The normalized spacial score (nSPS) is 25.4. The summed E-state index contributed by atoms with van der Waals surface area (Å²) in [6.45, 7) is 3.90. The summed E-state index contributed by atoms with van der Waals surface area (Å²) in [4.78, 5) is 23.2. The van der Waals surface area contributed by atoms with Crippen molar-refractivity contribution in [3.8, 4) is 0 Å². The van der Waals surface area contributed by atoms with Gasteiger partial charge in [-0.1, -0.05) is 0 Å². The summed E-state index contributed by atoms with van der Waals surface area (Å²) in [5, 5.41) is 0. The van der Waals surface area contributed by atoms with Crippen molar-refractivity contribution in [2.75, 3.05) is 24.5 Å². The smallest absolute Gasteiger partial charge is 0.356 e. The molecule has 2 aliphatic rings. The molecule has 2 aliphatic heterocycles. The number of alkyl halides is 3. The number of aromatic nitrogens is 2. The Morgan fingerprint density at radius 1 is 1.21 bits per heavy atom. The van der Waals surface area contributed by atoms with Gasteiger partial charge in [-0.3, -0.25) is 4.79 Å². The molecular weight excluding hydrogens is 321 g/mol. The molecule has 1 aromatic heterocycles. The van der Waals surface area contributed by atoms with Crippen LogP contribution in [-0.4, -0.2) is 45.9 Å². The van der Waals surface area contributed by atoms with Crippen molar-refractivity contribution in [1.82, 2.24) is 14.9 Å². The highest BCUT2D eigenvalue weighted by Gasteiger charge is 2.45. The first-order valence-electron chi connectivity index (χ1n) is 8.30. The lowest BCUT2D eigenvalue weighted by molar-refractivity contribution is -0.141. The fourth-order valence-corrected chi connectivity index (χ4v) is 3.99. The highest BCUT2D eigenvalue weighted by molar-refractivity contribution is 5.79. The monoisotopic (exact) mass is 342 g/mol. The van der Waals surface area contributed by atoms with Gasteiger partial charge in [0.1, 0.15) is 17.8 Å². The highest BCUT2D eigenvalue weighted by Crippen LogP contribution is 2.39. The van der Waals surface area contributed by atoms with E-state index >= 15 is 0 Å². The second-order valence-corrected chi connectivity index (χ2v) is 6.46. The Balaban J connectivity index is 1.78. The van der Waals surface area contributed by atoms with Crippen LogP contribution in [0.15, 0.2) is 12.4 Å². The molecule has 24 heavy (non-hydrogen) atoms. The van der Waals surface area contributed by atoms with E-state index in [1.807, 2.05) is 16.7 Å². The Labute approximate surface area is 138 Å². The van der Waals surface area contributed by atoms with Crippen LogP contribution in [0.25, 0.3) is 0 Å². The molecule has 0 aliphatic carbocycles. The van der Waals surface area contributed by atoms with E-state index in [4.69, 9.17) is 0 Å². The molecule has 0 bridgehead atoms. The summed E-state index contributed by atoms with van der Waals surface area (Å²) in [6.07, 6.45) is 0.385. The fraction of sp³-hybridized carbons (Fsp3) is 0.688. The third-order valence-corrected chi connectivity index (χ3v) is 5.18. The lowest BCUT2D eigenvalue weighted by Gasteiger charge is -2.37. The van der Waals surface area contributed by atoms with E-state index in [-0.39, 0.29) is 11.4 Å². The van der Waals surface area contributed by atoms with E-state index in [1.54, 1.807) is 0 Å². The first kappa shape index (κ1) is 17.0. The van der Waals surface area contributed by atoms with Gasteiger partial charge in [-0.15, -0.1) is 0 Å². The lowest BCUT2D eigenvalue weighted by Crippen LogP contribution is -2.46. The number of nitrogens with zero attached hydrogens (tertiary/aromatic N) is 4. The molecule has 1 aromatic rings. The van der Waals surface area contributed by atoms with Crippen molar-refractivity contribution in [2.24, 2.45) is 0 Å². The molecule has 0 N–H and O–H groups in total. The molecule has 1 spiro atoms. The van der Waals surface area contributed by atoms with Crippen molar-refractivity contribution in [2.45, 2.75) is 50.7 Å². The molecule has 2 fully saturated rings. The van der Waals surface area contributed by atoms with Crippen molar-refractivity contribution in [1.29, 1.82) is 0 Å². The molecule has 2 saturated heterocycles. The topological polar surface area (TPSA) is 49.3 Å². The van der Waals surface area contributed by atoms with Gasteiger partial charge in [0.25, 0.3) is 0 Å². The van der Waals surface area contributed by atoms with Crippen LogP contribution in [0.3, 0.4) is 0 Å². The second-order valence-electron chi connectivity index (χ2n) is 6.46. The zero-order valence-electron chi connectivity index (χ0n) is 13.6. The first-order valence-corrected chi connectivity index (χ1v) is 8.30. The number of hydrogen-bond acceptors (Lipinski definition) is 4. The average Bonchev–Trinajstić information content (AvgIpc) is 2.71. The van der Waals surface area contributed by atoms with E-state index in [0.717, 1.165) is 38.1 Å². The van der Waals surface area contributed by atoms with Crippen molar-refractivity contribution in [3.05, 3.63) is 18.1 Å². The van der Waals surface area contributed by atoms with E-state index in [9.17, 15) is 18.0 Å².